The molecule has 24 heavy (non-hydrogen) atoms. The number of anilines is 1. The Morgan fingerprint density at radius 1 is 1.08 bits per heavy atom. The van der Waals surface area contributed by atoms with Gasteiger partial charge in [-0.2, -0.15) is 0 Å². The van der Waals surface area contributed by atoms with Crippen molar-refractivity contribution in [3.8, 4) is 0 Å². The molecule has 0 spiro atoms. The van der Waals surface area contributed by atoms with Crippen molar-refractivity contribution >= 4 is 22.5 Å². The first-order valence-electron chi connectivity index (χ1n) is 6.81. The topological polar surface area (TPSA) is 131 Å². The summed E-state index contributed by atoms with van der Waals surface area (Å²) >= 11 is 0. The van der Waals surface area contributed by atoms with Crippen LogP contribution < -0.4 is 17.0 Å². The zero-order chi connectivity index (χ0) is 18.0. The maximum absolute atomic E-state index is 11.7. The van der Waals surface area contributed by atoms with Crippen LogP contribution >= 0.6 is 0 Å². The van der Waals surface area contributed by atoms with Crippen molar-refractivity contribution < 1.29 is 4.92 Å². The molecule has 0 amide bonds. The summed E-state index contributed by atoms with van der Waals surface area (Å²) in [5.41, 5.74) is 6.08. The Hall–Kier alpha value is -3.43. The lowest BCUT2D eigenvalue weighted by molar-refractivity contribution is -0.384. The lowest BCUT2D eigenvalue weighted by Crippen LogP contribution is -2.37. The van der Waals surface area contributed by atoms with E-state index >= 15 is 0 Å². The minimum atomic E-state index is -0.459. The van der Waals surface area contributed by atoms with E-state index in [2.05, 4.69) is 4.98 Å². The van der Waals surface area contributed by atoms with Gasteiger partial charge in [0.05, 0.1) is 11.3 Å². The third kappa shape index (κ3) is 3.02. The van der Waals surface area contributed by atoms with Crippen LogP contribution in [0.15, 0.2) is 40.2 Å². The summed E-state index contributed by atoms with van der Waals surface area (Å²) < 4.78 is 4.04. The van der Waals surface area contributed by atoms with Gasteiger partial charge in [-0.05, 0) is 12.1 Å². The maximum atomic E-state index is 11.7. The quantitative estimate of drug-likeness (QED) is 0.383. The number of nitrogens with two attached hydrogens (primary N) is 1. The van der Waals surface area contributed by atoms with Crippen LogP contribution in [0.25, 0.3) is 11.2 Å². The molecule has 0 atom stereocenters. The smallest absolute Gasteiger partial charge is 0.332 e. The summed E-state index contributed by atoms with van der Waals surface area (Å²) in [6.07, 6.45) is 1.52. The number of benzene rings is 1. The van der Waals surface area contributed by atoms with Crippen molar-refractivity contribution in [2.45, 2.75) is 0 Å². The Morgan fingerprint density at radius 3 is 2.21 bits per heavy atom. The van der Waals surface area contributed by atoms with E-state index in [9.17, 15) is 19.7 Å². The minimum absolute atomic E-state index is 0.0641. The van der Waals surface area contributed by atoms with E-state index in [0.717, 1.165) is 4.57 Å². The first-order valence-corrected chi connectivity index (χ1v) is 6.81. The van der Waals surface area contributed by atoms with Crippen LogP contribution in [-0.4, -0.2) is 23.6 Å². The van der Waals surface area contributed by atoms with Gasteiger partial charge < -0.3 is 10.3 Å². The summed E-state index contributed by atoms with van der Waals surface area (Å²) in [5.74, 6) is 0. The van der Waals surface area contributed by atoms with Crippen LogP contribution in [-0.2, 0) is 21.1 Å². The average molecular weight is 332 g/mol. The summed E-state index contributed by atoms with van der Waals surface area (Å²) in [6, 6.07) is 5.74. The predicted molar refractivity (Wildman–Crippen MR) is 88.7 cm³/mol. The number of hydrogen-bond acceptors (Lipinski definition) is 6. The van der Waals surface area contributed by atoms with Gasteiger partial charge in [0.2, 0.25) is 0 Å². The van der Waals surface area contributed by atoms with Crippen molar-refractivity contribution in [3.05, 3.63) is 61.5 Å². The Bertz CT molecular complexity index is 1010. The number of nitrogen functional groups attached to an aromatic ring is 1. The molecule has 2 N–H and O–H groups in total. The number of nitrogens with zero attached hydrogens (tertiary/aromatic N) is 5. The van der Waals surface area contributed by atoms with Crippen molar-refractivity contribution in [1.82, 2.24) is 18.7 Å². The van der Waals surface area contributed by atoms with Crippen molar-refractivity contribution in [1.29, 1.82) is 0 Å². The molecule has 0 aliphatic carbocycles. The molecule has 0 aliphatic rings. The van der Waals surface area contributed by atoms with Gasteiger partial charge in [0.15, 0.2) is 11.2 Å². The van der Waals surface area contributed by atoms with Gasteiger partial charge in [-0.25, -0.2) is 9.78 Å². The predicted octanol–water partition coefficient (Wildman–Crippen LogP) is 0.148. The third-order valence-electron chi connectivity index (χ3n) is 3.42. The highest BCUT2D eigenvalue weighted by atomic mass is 16.6. The lowest BCUT2D eigenvalue weighted by Gasteiger charge is -2.02. The zero-order valence-corrected chi connectivity index (χ0v) is 13.3. The summed E-state index contributed by atoms with van der Waals surface area (Å²) in [5, 5.41) is 10.1. The van der Waals surface area contributed by atoms with Gasteiger partial charge >= 0.3 is 5.69 Å². The molecule has 3 rings (SSSR count). The molecule has 1 aromatic carbocycles. The van der Waals surface area contributed by atoms with Crippen LogP contribution in [0.4, 0.5) is 11.4 Å². The molecule has 0 saturated heterocycles. The highest BCUT2D eigenvalue weighted by Gasteiger charge is 2.11. The molecule has 10 nitrogen and oxygen atoms in total. The number of aryl methyl sites for hydroxylation is 2. The van der Waals surface area contributed by atoms with Gasteiger partial charge in [-0.3, -0.25) is 24.0 Å². The number of nitro groups is 1. The van der Waals surface area contributed by atoms with E-state index in [1.165, 1.54) is 42.2 Å². The second kappa shape index (κ2) is 6.36. The molecular weight excluding hydrogens is 316 g/mol. The average Bonchev–Trinajstić information content (AvgIpc) is 2.94. The van der Waals surface area contributed by atoms with Crippen LogP contribution in [0.1, 0.15) is 0 Å². The van der Waals surface area contributed by atoms with E-state index in [1.807, 2.05) is 0 Å². The summed E-state index contributed by atoms with van der Waals surface area (Å²) in [4.78, 5) is 36.8. The van der Waals surface area contributed by atoms with Gasteiger partial charge in [0.1, 0.15) is 0 Å². The van der Waals surface area contributed by atoms with E-state index in [0.29, 0.717) is 16.9 Å². The largest absolute Gasteiger partial charge is 0.399 e. The molecule has 0 bridgehead atoms. The first-order chi connectivity index (χ1) is 11.2. The Balaban J connectivity index is 0.000000185. The fourth-order valence-corrected chi connectivity index (χ4v) is 2.07. The van der Waals surface area contributed by atoms with Gasteiger partial charge in [-0.15, -0.1) is 0 Å². The molecule has 2 heterocycles. The van der Waals surface area contributed by atoms with Crippen LogP contribution in [0.3, 0.4) is 0 Å². The van der Waals surface area contributed by atoms with E-state index in [-0.39, 0.29) is 16.9 Å². The molecular formula is C14H16N6O4. The Labute approximate surface area is 135 Å². The van der Waals surface area contributed by atoms with E-state index < -0.39 is 4.92 Å². The standard InChI is InChI=1S/C8H10N4O2.C6H6N2O2/c1-10-4-9-6-5(10)7(13)12(3)8(14)11(6)2;7-5-1-3-6(4-2-5)8(9)10/h4H,1-3H3;1-4H,7H2. The van der Waals surface area contributed by atoms with Gasteiger partial charge in [0.25, 0.3) is 11.2 Å². The molecule has 0 radical (unpaired) electrons. The van der Waals surface area contributed by atoms with E-state index in [1.54, 1.807) is 18.7 Å². The van der Waals surface area contributed by atoms with Gasteiger partial charge in [0, 0.05) is 39.0 Å². The number of fused-ring (bicyclic) bond motifs is 1. The Morgan fingerprint density at radius 2 is 1.67 bits per heavy atom. The number of aromatic nitrogens is 4. The van der Waals surface area contributed by atoms with Crippen LogP contribution in [0, 0.1) is 10.1 Å². The number of non-ortho nitro benzene ring substituents is 1. The molecule has 2 aromatic heterocycles. The van der Waals surface area contributed by atoms with E-state index in [4.69, 9.17) is 5.73 Å². The van der Waals surface area contributed by atoms with Crippen molar-refractivity contribution in [2.24, 2.45) is 21.1 Å². The molecule has 126 valence electrons. The Kier molecular flexibility index (Phi) is 4.49. The molecule has 0 aliphatic heterocycles. The highest BCUT2D eigenvalue weighted by Crippen LogP contribution is 2.12. The fraction of sp³-hybridized carbons (Fsp3) is 0.214. The lowest BCUT2D eigenvalue weighted by atomic mass is 10.3. The van der Waals surface area contributed by atoms with Gasteiger partial charge in [-0.1, -0.05) is 0 Å². The number of imidazole rings is 1. The SMILES string of the molecule is Cn1c(=O)c2c(ncn2C)n(C)c1=O.Nc1ccc([N+](=O)[O-])cc1. The summed E-state index contributed by atoms with van der Waals surface area (Å²) in [7, 11) is 4.77. The zero-order valence-electron chi connectivity index (χ0n) is 13.3. The summed E-state index contributed by atoms with van der Waals surface area (Å²) in [6.45, 7) is 0. The van der Waals surface area contributed by atoms with Crippen LogP contribution in [0.2, 0.25) is 0 Å². The highest BCUT2D eigenvalue weighted by molar-refractivity contribution is 5.69. The molecule has 0 saturated carbocycles. The molecule has 10 heteroatoms. The molecule has 0 unspecified atom stereocenters. The minimum Gasteiger partial charge on any atom is -0.399 e. The number of nitro benzene ring substituents is 1. The first kappa shape index (κ1) is 16.9. The fourth-order valence-electron chi connectivity index (χ4n) is 2.07. The molecule has 3 aromatic rings. The third-order valence-corrected chi connectivity index (χ3v) is 3.42. The maximum Gasteiger partial charge on any atom is 0.332 e. The second-order valence-corrected chi connectivity index (χ2v) is 5.08. The van der Waals surface area contributed by atoms with Crippen molar-refractivity contribution in [2.75, 3.05) is 5.73 Å². The van der Waals surface area contributed by atoms with Crippen LogP contribution in [0.5, 0.6) is 0 Å². The molecule has 0 fully saturated rings. The normalized spacial score (nSPS) is 10.3. The monoisotopic (exact) mass is 332 g/mol. The number of rotatable bonds is 1. The van der Waals surface area contributed by atoms with Crippen molar-refractivity contribution in [3.63, 3.8) is 0 Å². The number of hydrogen-bond donors (Lipinski definition) is 1. The second-order valence-electron chi connectivity index (χ2n) is 5.08.